The molecule has 2 aromatic rings. The summed E-state index contributed by atoms with van der Waals surface area (Å²) in [6.07, 6.45) is -0.291. The maximum Gasteiger partial charge on any atom is 0.407 e. The zero-order chi connectivity index (χ0) is 22.1. The average molecular weight is 418 g/mol. The Kier molecular flexibility index (Phi) is 7.91. The van der Waals surface area contributed by atoms with Gasteiger partial charge in [-0.2, -0.15) is 0 Å². The van der Waals surface area contributed by atoms with Crippen molar-refractivity contribution in [2.75, 3.05) is 18.5 Å². The van der Waals surface area contributed by atoms with Gasteiger partial charge in [-0.05, 0) is 69.3 Å². The van der Waals surface area contributed by atoms with Gasteiger partial charge in [-0.25, -0.2) is 13.6 Å². The monoisotopic (exact) mass is 418 g/mol. The van der Waals surface area contributed by atoms with Crippen LogP contribution in [0, 0.1) is 5.82 Å². The van der Waals surface area contributed by atoms with E-state index in [2.05, 4.69) is 10.6 Å². The van der Waals surface area contributed by atoms with E-state index in [1.54, 1.807) is 45.0 Å². The van der Waals surface area contributed by atoms with Crippen LogP contribution in [0.3, 0.4) is 0 Å². The molecule has 0 atom stereocenters. The number of ether oxygens (including phenoxy) is 2. The third-order valence-corrected chi connectivity index (χ3v) is 3.66. The highest BCUT2D eigenvalue weighted by molar-refractivity contribution is 6.04. The smallest absolute Gasteiger partial charge is 0.407 e. The van der Waals surface area contributed by atoms with Crippen molar-refractivity contribution in [3.63, 3.8) is 0 Å². The molecular formula is C22H24F2N2O4. The van der Waals surface area contributed by atoms with Gasteiger partial charge in [0.15, 0.2) is 0 Å². The number of carbonyl (C=O) groups is 2. The summed E-state index contributed by atoms with van der Waals surface area (Å²) in [5.74, 6) is -0.332. The number of anilines is 1. The molecule has 0 aromatic heterocycles. The summed E-state index contributed by atoms with van der Waals surface area (Å²) in [4.78, 5) is 23.8. The normalized spacial score (nSPS) is 11.6. The SMILES string of the molecule is CC(C)(C)OC(=O)NC/C(=C/F)COc1ccc(C(=O)Nc2ccc(F)cc2)cc1. The van der Waals surface area contributed by atoms with Gasteiger partial charge in [-0.15, -0.1) is 0 Å². The first-order chi connectivity index (χ1) is 14.2. The highest BCUT2D eigenvalue weighted by Gasteiger charge is 2.16. The van der Waals surface area contributed by atoms with Crippen LogP contribution in [0.1, 0.15) is 31.1 Å². The van der Waals surface area contributed by atoms with Crippen molar-refractivity contribution in [1.82, 2.24) is 5.32 Å². The number of halogens is 2. The Morgan fingerprint density at radius 2 is 1.67 bits per heavy atom. The van der Waals surface area contributed by atoms with Crippen LogP contribution in [-0.2, 0) is 4.74 Å². The molecule has 0 aliphatic carbocycles. The molecule has 0 fully saturated rings. The number of rotatable bonds is 7. The molecule has 2 rings (SSSR count). The quantitative estimate of drug-likeness (QED) is 0.675. The largest absolute Gasteiger partial charge is 0.489 e. The van der Waals surface area contributed by atoms with Gasteiger partial charge < -0.3 is 20.1 Å². The summed E-state index contributed by atoms with van der Waals surface area (Å²) in [6.45, 7) is 5.03. The molecule has 160 valence electrons. The van der Waals surface area contributed by atoms with Gasteiger partial charge in [0.2, 0.25) is 0 Å². The van der Waals surface area contributed by atoms with Gasteiger partial charge >= 0.3 is 6.09 Å². The number of amides is 2. The van der Waals surface area contributed by atoms with Crippen molar-refractivity contribution in [2.24, 2.45) is 0 Å². The lowest BCUT2D eigenvalue weighted by atomic mass is 10.2. The van der Waals surface area contributed by atoms with Crippen LogP contribution in [-0.4, -0.2) is 30.8 Å². The maximum atomic E-state index is 13.0. The van der Waals surface area contributed by atoms with Crippen molar-refractivity contribution >= 4 is 17.7 Å². The van der Waals surface area contributed by atoms with E-state index in [1.807, 2.05) is 0 Å². The number of hydrogen-bond donors (Lipinski definition) is 2. The van der Waals surface area contributed by atoms with E-state index in [4.69, 9.17) is 9.47 Å². The third-order valence-electron chi connectivity index (χ3n) is 3.66. The molecule has 2 N–H and O–H groups in total. The molecule has 0 saturated carbocycles. The molecule has 0 unspecified atom stereocenters. The van der Waals surface area contributed by atoms with E-state index in [-0.39, 0.29) is 24.6 Å². The van der Waals surface area contributed by atoms with Crippen molar-refractivity contribution in [3.8, 4) is 5.75 Å². The highest BCUT2D eigenvalue weighted by Crippen LogP contribution is 2.16. The Morgan fingerprint density at radius 1 is 1.03 bits per heavy atom. The average Bonchev–Trinajstić information content (AvgIpc) is 2.69. The summed E-state index contributed by atoms with van der Waals surface area (Å²) in [7, 11) is 0. The summed E-state index contributed by atoms with van der Waals surface area (Å²) in [5.41, 5.74) is 0.403. The van der Waals surface area contributed by atoms with E-state index in [9.17, 15) is 18.4 Å². The lowest BCUT2D eigenvalue weighted by Crippen LogP contribution is -2.34. The molecule has 0 aliphatic rings. The molecule has 2 amide bonds. The van der Waals surface area contributed by atoms with Crippen molar-refractivity contribution < 1.29 is 27.8 Å². The van der Waals surface area contributed by atoms with Crippen LogP contribution < -0.4 is 15.4 Å². The van der Waals surface area contributed by atoms with E-state index in [0.717, 1.165) is 0 Å². The van der Waals surface area contributed by atoms with E-state index in [0.29, 0.717) is 23.3 Å². The second-order valence-corrected chi connectivity index (χ2v) is 7.40. The molecule has 8 heteroatoms. The first-order valence-electron chi connectivity index (χ1n) is 9.21. The van der Waals surface area contributed by atoms with Crippen LogP contribution in [0.5, 0.6) is 5.75 Å². The fraction of sp³-hybridized carbons (Fsp3) is 0.273. The third kappa shape index (κ3) is 7.90. The molecule has 0 aliphatic heterocycles. The summed E-state index contributed by atoms with van der Waals surface area (Å²) >= 11 is 0. The molecule has 0 spiro atoms. The summed E-state index contributed by atoms with van der Waals surface area (Å²) < 4.78 is 36.5. The minimum absolute atomic E-state index is 0.0659. The second-order valence-electron chi connectivity index (χ2n) is 7.40. The number of benzene rings is 2. The van der Waals surface area contributed by atoms with Gasteiger partial charge in [0.25, 0.3) is 5.91 Å². The van der Waals surface area contributed by atoms with Crippen molar-refractivity contribution in [2.45, 2.75) is 26.4 Å². The van der Waals surface area contributed by atoms with Gasteiger partial charge in [-0.1, -0.05) is 0 Å². The lowest BCUT2D eigenvalue weighted by molar-refractivity contribution is 0.0531. The fourth-order valence-electron chi connectivity index (χ4n) is 2.24. The summed E-state index contributed by atoms with van der Waals surface area (Å²) in [5, 5.41) is 5.10. The fourth-order valence-corrected chi connectivity index (χ4v) is 2.24. The number of carbonyl (C=O) groups excluding carboxylic acids is 2. The van der Waals surface area contributed by atoms with Crippen LogP contribution in [0.25, 0.3) is 0 Å². The van der Waals surface area contributed by atoms with Gasteiger partial charge in [0.1, 0.15) is 23.8 Å². The van der Waals surface area contributed by atoms with Gasteiger partial charge in [0, 0.05) is 23.4 Å². The standard InChI is InChI=1S/C22H24F2N2O4/c1-22(2,3)30-21(28)25-13-15(12-23)14-29-19-10-4-16(5-11-19)20(27)26-18-8-6-17(24)7-9-18/h4-12H,13-14H2,1-3H3,(H,25,28)(H,26,27)/b15-12-. The lowest BCUT2D eigenvalue weighted by Gasteiger charge is -2.20. The molecule has 0 saturated heterocycles. The number of hydrogen-bond acceptors (Lipinski definition) is 4. The molecule has 0 radical (unpaired) electrons. The highest BCUT2D eigenvalue weighted by atomic mass is 19.1. The van der Waals surface area contributed by atoms with E-state index in [1.165, 1.54) is 24.3 Å². The Balaban J connectivity index is 1.83. The van der Waals surface area contributed by atoms with E-state index >= 15 is 0 Å². The predicted molar refractivity (Wildman–Crippen MR) is 110 cm³/mol. The predicted octanol–water partition coefficient (Wildman–Crippen LogP) is 4.83. The Morgan fingerprint density at radius 3 is 2.23 bits per heavy atom. The topological polar surface area (TPSA) is 76.7 Å². The molecule has 30 heavy (non-hydrogen) atoms. The second kappa shape index (κ2) is 10.4. The first kappa shape index (κ1) is 22.9. The number of alkyl carbamates (subject to hydrolysis) is 1. The minimum Gasteiger partial charge on any atom is -0.489 e. The number of nitrogens with one attached hydrogen (secondary N) is 2. The van der Waals surface area contributed by atoms with Crippen molar-refractivity contribution in [1.29, 1.82) is 0 Å². The van der Waals surface area contributed by atoms with Crippen LogP contribution >= 0.6 is 0 Å². The Labute approximate surface area is 173 Å². The van der Waals surface area contributed by atoms with Gasteiger partial charge in [-0.3, -0.25) is 4.79 Å². The molecule has 2 aromatic carbocycles. The maximum absolute atomic E-state index is 13.0. The minimum atomic E-state index is -0.654. The Hall–Kier alpha value is -3.42. The summed E-state index contributed by atoms with van der Waals surface area (Å²) in [6, 6.07) is 11.6. The molecule has 6 nitrogen and oxygen atoms in total. The van der Waals surface area contributed by atoms with Gasteiger partial charge in [0.05, 0.1) is 6.33 Å². The van der Waals surface area contributed by atoms with Crippen LogP contribution in [0.15, 0.2) is 60.4 Å². The molecular weight excluding hydrogens is 394 g/mol. The first-order valence-corrected chi connectivity index (χ1v) is 9.21. The molecule has 0 heterocycles. The molecule has 0 bridgehead atoms. The van der Waals surface area contributed by atoms with Crippen molar-refractivity contribution in [3.05, 3.63) is 71.8 Å². The Bertz CT molecular complexity index is 889. The van der Waals surface area contributed by atoms with Crippen LogP contribution in [0.4, 0.5) is 19.3 Å². The van der Waals surface area contributed by atoms with Crippen LogP contribution in [0.2, 0.25) is 0 Å². The zero-order valence-corrected chi connectivity index (χ0v) is 17.0. The van der Waals surface area contributed by atoms with E-state index < -0.39 is 17.5 Å². The zero-order valence-electron chi connectivity index (χ0n) is 17.0.